The van der Waals surface area contributed by atoms with Gasteiger partial charge in [0, 0.05) is 0 Å². The van der Waals surface area contributed by atoms with E-state index in [1.54, 1.807) is 6.07 Å². The highest BCUT2D eigenvalue weighted by molar-refractivity contribution is 5.92. The van der Waals surface area contributed by atoms with Crippen LogP contribution < -0.4 is 5.73 Å². The second kappa shape index (κ2) is 4.68. The average molecular weight is 262 g/mol. The highest BCUT2D eigenvalue weighted by Gasteiger charge is 2.25. The fourth-order valence-electron chi connectivity index (χ4n) is 2.01. The van der Waals surface area contributed by atoms with E-state index >= 15 is 0 Å². The van der Waals surface area contributed by atoms with Gasteiger partial charge in [0.1, 0.15) is 11.6 Å². The Labute approximate surface area is 109 Å². The van der Waals surface area contributed by atoms with Crippen LogP contribution in [-0.2, 0) is 4.79 Å². The van der Waals surface area contributed by atoms with Gasteiger partial charge in [0.25, 0.3) is 0 Å². The maximum atomic E-state index is 11.5. The predicted molar refractivity (Wildman–Crippen MR) is 67.6 cm³/mol. The largest absolute Gasteiger partial charge is 0.478 e. The number of carboxylic acids is 1. The highest BCUT2D eigenvalue weighted by atomic mass is 16.4. The Morgan fingerprint density at radius 3 is 2.58 bits per heavy atom. The standard InChI is InChI=1S/C12H14N4O3/c1-6(2)10(11(13)17)16-9-5-7(12(18)19)3-4-8(9)14-15-16/h3-6,10H,1-2H3,(H2,13,17)(H,18,19). The van der Waals surface area contributed by atoms with Gasteiger partial charge in [-0.3, -0.25) is 4.79 Å². The van der Waals surface area contributed by atoms with Crippen molar-refractivity contribution in [3.63, 3.8) is 0 Å². The van der Waals surface area contributed by atoms with E-state index in [2.05, 4.69) is 10.3 Å². The maximum absolute atomic E-state index is 11.5. The van der Waals surface area contributed by atoms with Gasteiger partial charge in [0.15, 0.2) is 0 Å². The molecule has 1 amide bonds. The molecule has 1 unspecified atom stereocenters. The van der Waals surface area contributed by atoms with Crippen LogP contribution in [0.1, 0.15) is 30.2 Å². The molecule has 0 aliphatic carbocycles. The SMILES string of the molecule is CC(C)C(C(N)=O)n1nnc2ccc(C(=O)O)cc21. The first-order valence-corrected chi connectivity index (χ1v) is 5.79. The van der Waals surface area contributed by atoms with Crippen molar-refractivity contribution < 1.29 is 14.7 Å². The van der Waals surface area contributed by atoms with E-state index in [1.165, 1.54) is 16.8 Å². The molecule has 0 saturated heterocycles. The summed E-state index contributed by atoms with van der Waals surface area (Å²) >= 11 is 0. The van der Waals surface area contributed by atoms with E-state index in [4.69, 9.17) is 10.8 Å². The Balaban J connectivity index is 2.63. The van der Waals surface area contributed by atoms with Gasteiger partial charge in [-0.15, -0.1) is 5.10 Å². The van der Waals surface area contributed by atoms with Gasteiger partial charge < -0.3 is 10.8 Å². The van der Waals surface area contributed by atoms with Crippen molar-refractivity contribution in [1.29, 1.82) is 0 Å². The summed E-state index contributed by atoms with van der Waals surface area (Å²) in [6, 6.07) is 3.78. The molecule has 0 aliphatic heterocycles. The number of fused-ring (bicyclic) bond motifs is 1. The first-order valence-electron chi connectivity index (χ1n) is 5.79. The van der Waals surface area contributed by atoms with Crippen molar-refractivity contribution in [2.45, 2.75) is 19.9 Å². The number of carbonyl (C=O) groups excluding carboxylic acids is 1. The zero-order valence-electron chi connectivity index (χ0n) is 10.6. The minimum Gasteiger partial charge on any atom is -0.478 e. The molecule has 2 rings (SSSR count). The van der Waals surface area contributed by atoms with Gasteiger partial charge in [0.2, 0.25) is 5.91 Å². The van der Waals surface area contributed by atoms with Crippen LogP contribution in [0.3, 0.4) is 0 Å². The number of hydrogen-bond acceptors (Lipinski definition) is 4. The van der Waals surface area contributed by atoms with E-state index in [-0.39, 0.29) is 11.5 Å². The van der Waals surface area contributed by atoms with Gasteiger partial charge >= 0.3 is 5.97 Å². The Hall–Kier alpha value is -2.44. The zero-order valence-corrected chi connectivity index (χ0v) is 10.6. The minimum absolute atomic E-state index is 0.0733. The topological polar surface area (TPSA) is 111 Å². The first kappa shape index (κ1) is 13.0. The zero-order chi connectivity index (χ0) is 14.2. The van der Waals surface area contributed by atoms with Crippen molar-refractivity contribution in [3.05, 3.63) is 23.8 Å². The van der Waals surface area contributed by atoms with Crippen molar-refractivity contribution in [2.75, 3.05) is 0 Å². The summed E-state index contributed by atoms with van der Waals surface area (Å²) < 4.78 is 1.38. The van der Waals surface area contributed by atoms with Crippen molar-refractivity contribution in [3.8, 4) is 0 Å². The molecule has 1 aromatic carbocycles. The molecule has 7 nitrogen and oxygen atoms in total. The average Bonchev–Trinajstić information content (AvgIpc) is 2.71. The molecule has 1 atom stereocenters. The fourth-order valence-corrected chi connectivity index (χ4v) is 2.01. The van der Waals surface area contributed by atoms with Gasteiger partial charge in [-0.1, -0.05) is 19.1 Å². The lowest BCUT2D eigenvalue weighted by molar-refractivity contribution is -0.122. The van der Waals surface area contributed by atoms with E-state index in [1.807, 2.05) is 13.8 Å². The summed E-state index contributed by atoms with van der Waals surface area (Å²) in [7, 11) is 0. The van der Waals surface area contributed by atoms with Crippen LogP contribution in [0.5, 0.6) is 0 Å². The Kier molecular flexibility index (Phi) is 3.20. The Bertz CT molecular complexity index is 647. The molecule has 0 radical (unpaired) electrons. The molecule has 0 bridgehead atoms. The molecule has 0 spiro atoms. The molecule has 7 heteroatoms. The molecule has 19 heavy (non-hydrogen) atoms. The van der Waals surface area contributed by atoms with Crippen LogP contribution in [0.4, 0.5) is 0 Å². The number of aromatic nitrogens is 3. The van der Waals surface area contributed by atoms with Gasteiger partial charge in [-0.25, -0.2) is 9.48 Å². The van der Waals surface area contributed by atoms with E-state index in [0.29, 0.717) is 11.0 Å². The maximum Gasteiger partial charge on any atom is 0.335 e. The predicted octanol–water partition coefficient (Wildman–Crippen LogP) is 0.812. The van der Waals surface area contributed by atoms with Crippen LogP contribution >= 0.6 is 0 Å². The molecular formula is C12H14N4O3. The molecule has 1 aromatic heterocycles. The van der Waals surface area contributed by atoms with E-state index in [9.17, 15) is 9.59 Å². The molecule has 0 aliphatic rings. The number of rotatable bonds is 4. The van der Waals surface area contributed by atoms with Crippen molar-refractivity contribution in [2.24, 2.45) is 11.7 Å². The normalized spacial score (nSPS) is 12.8. The van der Waals surface area contributed by atoms with Gasteiger partial charge in [-0.05, 0) is 24.1 Å². The quantitative estimate of drug-likeness (QED) is 0.847. The smallest absolute Gasteiger partial charge is 0.335 e. The van der Waals surface area contributed by atoms with E-state index < -0.39 is 17.9 Å². The third-order valence-corrected chi connectivity index (χ3v) is 2.90. The number of nitrogens with zero attached hydrogens (tertiary/aromatic N) is 3. The Morgan fingerprint density at radius 2 is 2.05 bits per heavy atom. The van der Waals surface area contributed by atoms with Crippen molar-refractivity contribution in [1.82, 2.24) is 15.0 Å². The Morgan fingerprint density at radius 1 is 1.37 bits per heavy atom. The van der Waals surface area contributed by atoms with Crippen LogP contribution in [0.15, 0.2) is 18.2 Å². The molecule has 0 fully saturated rings. The lowest BCUT2D eigenvalue weighted by Crippen LogP contribution is -2.31. The summed E-state index contributed by atoms with van der Waals surface area (Å²) in [5, 5.41) is 16.8. The molecule has 1 heterocycles. The van der Waals surface area contributed by atoms with E-state index in [0.717, 1.165) is 0 Å². The fraction of sp³-hybridized carbons (Fsp3) is 0.333. The van der Waals surface area contributed by atoms with Crippen LogP contribution in [0.2, 0.25) is 0 Å². The summed E-state index contributed by atoms with van der Waals surface area (Å²) in [5.41, 5.74) is 6.50. The number of carbonyl (C=O) groups is 2. The summed E-state index contributed by atoms with van der Waals surface area (Å²) in [6.45, 7) is 3.67. The number of benzene rings is 1. The molecule has 0 saturated carbocycles. The van der Waals surface area contributed by atoms with Crippen LogP contribution in [0.25, 0.3) is 11.0 Å². The number of aromatic carboxylic acids is 1. The summed E-state index contributed by atoms with van der Waals surface area (Å²) in [5.74, 6) is -1.65. The van der Waals surface area contributed by atoms with Crippen LogP contribution in [-0.4, -0.2) is 32.0 Å². The number of amides is 1. The molecule has 2 aromatic rings. The first-order chi connectivity index (χ1) is 8.91. The lowest BCUT2D eigenvalue weighted by atomic mass is 10.0. The van der Waals surface area contributed by atoms with Crippen molar-refractivity contribution >= 4 is 22.9 Å². The molecule has 100 valence electrons. The summed E-state index contributed by atoms with van der Waals surface area (Å²) in [4.78, 5) is 22.5. The highest BCUT2D eigenvalue weighted by Crippen LogP contribution is 2.22. The summed E-state index contributed by atoms with van der Waals surface area (Å²) in [6.07, 6.45) is 0. The van der Waals surface area contributed by atoms with Crippen LogP contribution in [0, 0.1) is 5.92 Å². The third kappa shape index (κ3) is 2.26. The lowest BCUT2D eigenvalue weighted by Gasteiger charge is -2.17. The number of hydrogen-bond donors (Lipinski definition) is 2. The monoisotopic (exact) mass is 262 g/mol. The third-order valence-electron chi connectivity index (χ3n) is 2.90. The second-order valence-electron chi connectivity index (χ2n) is 4.63. The van der Waals surface area contributed by atoms with Gasteiger partial charge in [-0.2, -0.15) is 0 Å². The molecular weight excluding hydrogens is 248 g/mol. The van der Waals surface area contributed by atoms with Gasteiger partial charge in [0.05, 0.1) is 11.1 Å². The second-order valence-corrected chi connectivity index (χ2v) is 4.63. The number of primary amides is 1. The molecule has 3 N–H and O–H groups in total. The number of nitrogens with two attached hydrogens (primary N) is 1. The number of carboxylic acid groups (broad SMARTS) is 1. The minimum atomic E-state index is -1.05.